The molecule has 3 aromatic rings. The lowest BCUT2D eigenvalue weighted by Crippen LogP contribution is -2.41. The van der Waals surface area contributed by atoms with Crippen molar-refractivity contribution >= 4 is 46.1 Å². The smallest absolute Gasteiger partial charge is 0.407 e. The van der Waals surface area contributed by atoms with Crippen molar-refractivity contribution in [1.82, 2.24) is 30.9 Å². The van der Waals surface area contributed by atoms with Crippen molar-refractivity contribution in [2.24, 2.45) is 5.92 Å². The van der Waals surface area contributed by atoms with Gasteiger partial charge in [0.25, 0.3) is 5.91 Å². The maximum Gasteiger partial charge on any atom is 0.407 e. The number of alkyl carbamates (subject to hydrolysis) is 1. The fourth-order valence-electron chi connectivity index (χ4n) is 6.62. The summed E-state index contributed by atoms with van der Waals surface area (Å²) in [7, 11) is 0. The molecule has 2 aliphatic carbocycles. The molecule has 3 amide bonds. The van der Waals surface area contributed by atoms with Crippen LogP contribution in [0.5, 0.6) is 0 Å². The largest absolute Gasteiger partial charge is 0.444 e. The third kappa shape index (κ3) is 16.7. The number of pyridine rings is 3. The minimum atomic E-state index is -0.479. The van der Waals surface area contributed by atoms with E-state index < -0.39 is 5.60 Å². The third-order valence-corrected chi connectivity index (χ3v) is 9.91. The second-order valence-corrected chi connectivity index (χ2v) is 16.1. The van der Waals surface area contributed by atoms with Gasteiger partial charge >= 0.3 is 6.09 Å². The van der Waals surface area contributed by atoms with Crippen LogP contribution in [0.4, 0.5) is 22.1 Å². The molecular weight excluding hydrogens is 741 g/mol. The minimum Gasteiger partial charge on any atom is -0.444 e. The fraction of sp³-hybridized carbons (Fsp3) is 0.628. The number of rotatable bonds is 25. The van der Waals surface area contributed by atoms with Gasteiger partial charge in [-0.15, -0.1) is 0 Å². The summed E-state index contributed by atoms with van der Waals surface area (Å²) in [6, 6.07) is 7.96. The Hall–Kier alpha value is -4.60. The number of anilines is 3. The number of fused-ring (bicyclic) bond motifs is 1. The number of carbonyl (C=O) groups is 3. The number of carbonyl (C=O) groups excluding carboxylic acids is 3. The van der Waals surface area contributed by atoms with Gasteiger partial charge in [-0.2, -0.15) is 0 Å². The molecule has 0 aromatic carbocycles. The van der Waals surface area contributed by atoms with Gasteiger partial charge < -0.3 is 45.5 Å². The molecule has 2 fully saturated rings. The van der Waals surface area contributed by atoms with Gasteiger partial charge in [0.05, 0.1) is 43.2 Å². The number of nitrogens with zero attached hydrogens (tertiary/aromatic N) is 3. The van der Waals surface area contributed by atoms with Crippen molar-refractivity contribution in [3.8, 4) is 0 Å². The molecule has 0 saturated heterocycles. The molecule has 2 aliphatic rings. The number of aromatic nitrogens is 3. The van der Waals surface area contributed by atoms with Gasteiger partial charge in [0.2, 0.25) is 5.91 Å². The summed E-state index contributed by atoms with van der Waals surface area (Å²) in [5, 5.41) is 16.8. The molecule has 15 nitrogen and oxygen atoms in total. The zero-order valence-corrected chi connectivity index (χ0v) is 34.6. The van der Waals surface area contributed by atoms with E-state index in [2.05, 4.69) is 41.5 Å². The second-order valence-electron chi connectivity index (χ2n) is 16.1. The van der Waals surface area contributed by atoms with Crippen LogP contribution in [-0.2, 0) is 23.7 Å². The van der Waals surface area contributed by atoms with Crippen LogP contribution in [0.15, 0.2) is 42.9 Å². The lowest BCUT2D eigenvalue weighted by molar-refractivity contribution is -0.126. The molecule has 0 atom stereocenters. The van der Waals surface area contributed by atoms with E-state index >= 15 is 0 Å². The summed E-state index contributed by atoms with van der Waals surface area (Å²) in [6.45, 7) is 10.3. The van der Waals surface area contributed by atoms with Crippen LogP contribution in [0.1, 0.15) is 108 Å². The van der Waals surface area contributed by atoms with E-state index in [0.29, 0.717) is 76.0 Å². The first-order valence-corrected chi connectivity index (χ1v) is 21.2. The number of nitrogens with one attached hydrogen (secondary N) is 5. The summed E-state index contributed by atoms with van der Waals surface area (Å²) >= 11 is 0. The average Bonchev–Trinajstić information content (AvgIpc) is 4.02. The maximum atomic E-state index is 13.5. The van der Waals surface area contributed by atoms with Gasteiger partial charge in [0.15, 0.2) is 0 Å². The Morgan fingerprint density at radius 3 is 2.05 bits per heavy atom. The van der Waals surface area contributed by atoms with E-state index in [1.807, 2.05) is 45.0 Å². The first-order chi connectivity index (χ1) is 28.1. The molecule has 2 saturated carbocycles. The molecule has 0 aliphatic heterocycles. The predicted octanol–water partition coefficient (Wildman–Crippen LogP) is 6.66. The minimum absolute atomic E-state index is 0.0156. The van der Waals surface area contributed by atoms with Crippen LogP contribution in [0, 0.1) is 5.92 Å². The number of hydrogen-bond acceptors (Lipinski definition) is 12. The predicted molar refractivity (Wildman–Crippen MR) is 224 cm³/mol. The SMILES string of the molecule is CC(C)(C)OC(=O)NCCCCCOCCOCCOCCCCCNC(=O)C1CCC(NC(=O)c2cnc(Nc3ccc4cnccc4n3)cc2NC2CC2)CC1. The molecule has 3 aromatic heterocycles. The van der Waals surface area contributed by atoms with Gasteiger partial charge in [-0.3, -0.25) is 14.6 Å². The van der Waals surface area contributed by atoms with Crippen molar-refractivity contribution < 1.29 is 33.3 Å². The summed E-state index contributed by atoms with van der Waals surface area (Å²) < 4.78 is 22.1. The molecule has 0 radical (unpaired) electrons. The van der Waals surface area contributed by atoms with E-state index in [4.69, 9.17) is 18.9 Å². The van der Waals surface area contributed by atoms with Crippen LogP contribution in [-0.4, -0.2) is 103 Å². The van der Waals surface area contributed by atoms with Crippen LogP contribution in [0.3, 0.4) is 0 Å². The zero-order valence-electron chi connectivity index (χ0n) is 34.6. The lowest BCUT2D eigenvalue weighted by atomic mass is 9.85. The van der Waals surface area contributed by atoms with Gasteiger partial charge in [-0.25, -0.2) is 14.8 Å². The first-order valence-electron chi connectivity index (χ1n) is 21.2. The van der Waals surface area contributed by atoms with E-state index in [0.717, 1.165) is 93.6 Å². The molecule has 0 unspecified atom stereocenters. The Bertz CT molecular complexity index is 1730. The molecule has 3 heterocycles. The van der Waals surface area contributed by atoms with Gasteiger partial charge in [0, 0.05) is 74.3 Å². The average molecular weight is 805 g/mol. The molecule has 5 rings (SSSR count). The monoisotopic (exact) mass is 804 g/mol. The molecule has 318 valence electrons. The second kappa shape index (κ2) is 23.7. The Morgan fingerprint density at radius 2 is 1.38 bits per heavy atom. The normalized spacial score (nSPS) is 16.7. The highest BCUT2D eigenvalue weighted by Gasteiger charge is 2.29. The van der Waals surface area contributed by atoms with Crippen LogP contribution >= 0.6 is 0 Å². The zero-order chi connectivity index (χ0) is 41.0. The van der Waals surface area contributed by atoms with Crippen molar-refractivity contribution in [2.75, 3.05) is 63.4 Å². The molecule has 5 N–H and O–H groups in total. The Labute approximate surface area is 342 Å². The molecule has 0 spiro atoms. The van der Waals surface area contributed by atoms with E-state index in [1.165, 1.54) is 0 Å². The summed E-state index contributed by atoms with van der Waals surface area (Å²) in [5.41, 5.74) is 1.62. The van der Waals surface area contributed by atoms with E-state index in [-0.39, 0.29) is 29.9 Å². The van der Waals surface area contributed by atoms with Gasteiger partial charge in [-0.05, 0) is 116 Å². The van der Waals surface area contributed by atoms with Crippen molar-refractivity contribution in [3.05, 3.63) is 48.4 Å². The highest BCUT2D eigenvalue weighted by atomic mass is 16.6. The topological polar surface area (TPSA) is 187 Å². The Balaban J connectivity index is 0.849. The Kier molecular flexibility index (Phi) is 18.2. The standard InChI is InChI=1S/C43H64N8O7/c1-43(2,3)58-42(54)46-20-7-5-9-23-56-25-27-57-26-24-55-22-8-4-6-19-45-40(52)31-10-13-34(14-11-31)49-41(53)35-30-47-39(28-37(35)48-33-15-16-33)51-38-17-12-32-29-44-21-18-36(32)50-38/h12,17-18,21,28-31,33-34H,4-11,13-16,19-20,22-27H2,1-3H3,(H,45,52)(H,46,54)(H,49,53)(H2,47,48,50,51). The van der Waals surface area contributed by atoms with Crippen molar-refractivity contribution in [2.45, 2.75) is 116 Å². The van der Waals surface area contributed by atoms with Crippen molar-refractivity contribution in [3.63, 3.8) is 0 Å². The van der Waals surface area contributed by atoms with Gasteiger partial charge in [-0.1, -0.05) is 0 Å². The molecule has 15 heteroatoms. The molecule has 0 bridgehead atoms. The highest BCUT2D eigenvalue weighted by Crippen LogP contribution is 2.30. The van der Waals surface area contributed by atoms with E-state index in [9.17, 15) is 14.4 Å². The van der Waals surface area contributed by atoms with Crippen molar-refractivity contribution in [1.29, 1.82) is 0 Å². The summed E-state index contributed by atoms with van der Waals surface area (Å²) in [5.74, 6) is 1.19. The number of ether oxygens (including phenoxy) is 4. The first kappa shape index (κ1) is 44.5. The maximum absolute atomic E-state index is 13.5. The highest BCUT2D eigenvalue weighted by molar-refractivity contribution is 6.00. The van der Waals surface area contributed by atoms with Crippen LogP contribution < -0.4 is 26.6 Å². The lowest BCUT2D eigenvalue weighted by Gasteiger charge is -2.28. The van der Waals surface area contributed by atoms with Crippen LogP contribution in [0.2, 0.25) is 0 Å². The van der Waals surface area contributed by atoms with Crippen LogP contribution in [0.25, 0.3) is 10.9 Å². The molecular formula is C43H64N8O7. The number of hydrogen-bond donors (Lipinski definition) is 5. The third-order valence-electron chi connectivity index (χ3n) is 9.91. The quantitative estimate of drug-likeness (QED) is 0.0574. The number of unbranched alkanes of at least 4 members (excludes halogenated alkanes) is 4. The van der Waals surface area contributed by atoms with E-state index in [1.54, 1.807) is 18.6 Å². The number of amides is 3. The Morgan fingerprint density at radius 1 is 0.724 bits per heavy atom. The summed E-state index contributed by atoms with van der Waals surface area (Å²) in [4.78, 5) is 51.3. The molecule has 58 heavy (non-hydrogen) atoms. The van der Waals surface area contributed by atoms with Gasteiger partial charge in [0.1, 0.15) is 17.2 Å². The summed E-state index contributed by atoms with van der Waals surface area (Å²) in [6.07, 6.45) is 15.5. The fourth-order valence-corrected chi connectivity index (χ4v) is 6.62.